The minimum atomic E-state index is -4.57. The number of hydrogen-bond acceptors (Lipinski definition) is 12. The number of hydrogen-bond donors (Lipinski definition) is 3. The lowest BCUT2D eigenvalue weighted by Gasteiger charge is -2.39. The highest BCUT2D eigenvalue weighted by atomic mass is 35.5. The number of fused-ring (bicyclic) bond motifs is 2. The van der Waals surface area contributed by atoms with Crippen molar-refractivity contribution in [3.63, 3.8) is 0 Å². The number of ether oxygens (including phenoxy) is 1. The first-order chi connectivity index (χ1) is 29.1. The third-order valence-electron chi connectivity index (χ3n) is 11.5. The predicted molar refractivity (Wildman–Crippen MR) is 242 cm³/mol. The van der Waals surface area contributed by atoms with E-state index >= 15 is 0 Å². The summed E-state index contributed by atoms with van der Waals surface area (Å²) >= 11 is 7.57. The lowest BCUT2D eigenvalue weighted by molar-refractivity contribution is -0.384. The number of aromatic nitrogens is 2. The van der Waals surface area contributed by atoms with Crippen LogP contribution in [0.15, 0.2) is 94.5 Å². The number of benzene rings is 3. The van der Waals surface area contributed by atoms with E-state index in [4.69, 9.17) is 16.3 Å². The quantitative estimate of drug-likeness (QED) is 0.0813. The monoisotopic (exact) mass is 884 g/mol. The van der Waals surface area contributed by atoms with Crippen LogP contribution in [0.3, 0.4) is 0 Å². The number of anilines is 2. The SMILES string of the molecule is CN(C)C[C@H]1CSc2cc(S(=O)(=O)NC(=O)c3ccc(N4CCN(CC5=C(c6ccc(Cl)cc6)CC(C)(C)CC5)CC4)cc3Oc3cnc4[nH]ccc4c3)cc([N+](=O)[O-])c2N1. The van der Waals surface area contributed by atoms with Crippen LogP contribution in [0.2, 0.25) is 5.02 Å². The lowest BCUT2D eigenvalue weighted by atomic mass is 9.72. The fourth-order valence-corrected chi connectivity index (χ4v) is 10.6. The number of sulfonamides is 1. The van der Waals surface area contributed by atoms with Gasteiger partial charge in [0, 0.05) is 90.4 Å². The van der Waals surface area contributed by atoms with Gasteiger partial charge in [-0.2, -0.15) is 0 Å². The van der Waals surface area contributed by atoms with Gasteiger partial charge in [-0.1, -0.05) is 43.2 Å². The summed E-state index contributed by atoms with van der Waals surface area (Å²) in [6.07, 6.45) is 6.49. The van der Waals surface area contributed by atoms with Crippen LogP contribution in [-0.2, 0) is 10.0 Å². The number of nitro groups is 1. The van der Waals surface area contributed by atoms with E-state index in [1.54, 1.807) is 30.5 Å². The van der Waals surface area contributed by atoms with Gasteiger partial charge in [0.15, 0.2) is 0 Å². The number of rotatable bonds is 12. The Morgan fingerprint density at radius 1 is 1.08 bits per heavy atom. The van der Waals surface area contributed by atoms with Crippen LogP contribution in [0.25, 0.3) is 16.6 Å². The van der Waals surface area contributed by atoms with Gasteiger partial charge in [-0.15, -0.1) is 11.8 Å². The number of likely N-dealkylation sites (N-methyl/N-ethyl adjacent to an activating group) is 1. The first kappa shape index (κ1) is 42.6. The fourth-order valence-electron chi connectivity index (χ4n) is 8.33. The van der Waals surface area contributed by atoms with E-state index in [0.29, 0.717) is 28.6 Å². The molecule has 1 fully saturated rings. The zero-order valence-corrected chi connectivity index (χ0v) is 36.9. The first-order valence-electron chi connectivity index (χ1n) is 20.2. The molecular weight excluding hydrogens is 836 g/mol. The van der Waals surface area contributed by atoms with Crippen molar-refractivity contribution in [2.45, 2.75) is 48.9 Å². The maximum absolute atomic E-state index is 14.0. The summed E-state index contributed by atoms with van der Waals surface area (Å²) in [5, 5.41) is 16.9. The molecule has 0 spiro atoms. The maximum atomic E-state index is 14.0. The average Bonchev–Trinajstić information content (AvgIpc) is 3.69. The number of carbonyl (C=O) groups excluding carboxylic acids is 1. The van der Waals surface area contributed by atoms with Crippen molar-refractivity contribution in [2.24, 2.45) is 5.41 Å². The van der Waals surface area contributed by atoms with Gasteiger partial charge in [0.25, 0.3) is 21.6 Å². The van der Waals surface area contributed by atoms with Crippen LogP contribution in [0.1, 0.15) is 49.0 Å². The van der Waals surface area contributed by atoms with E-state index in [2.05, 4.69) is 55.8 Å². The molecule has 1 saturated heterocycles. The normalized spacial score (nSPS) is 18.2. The summed E-state index contributed by atoms with van der Waals surface area (Å²) in [7, 11) is -0.751. The molecule has 1 amide bonds. The Morgan fingerprint density at radius 2 is 1.85 bits per heavy atom. The Morgan fingerprint density at radius 3 is 2.59 bits per heavy atom. The standard InChI is InChI=1S/C44H49ClN8O6S2/c1-44(2)13-11-30(37(23-44)28-5-7-31(45)8-6-28)25-51-15-17-52(18-16-51)33-9-10-36(39(20-33)59-34-19-29-12-14-46-42(29)47-24-34)43(54)49-61(57,58)35-21-38(53(55)56)41-40(22-35)60-27-32(48-41)26-50(3)4/h5-10,12,14,19-22,24,32,48H,11,13,15-18,23,25-27H2,1-4H3,(H,46,47)(H,49,54)/t32-/m0/s1. The Labute approximate surface area is 364 Å². The van der Waals surface area contributed by atoms with E-state index in [0.717, 1.165) is 74.1 Å². The van der Waals surface area contributed by atoms with E-state index in [1.165, 1.54) is 40.7 Å². The molecule has 0 saturated carbocycles. The van der Waals surface area contributed by atoms with E-state index in [1.807, 2.05) is 37.2 Å². The molecule has 4 heterocycles. The smallest absolute Gasteiger partial charge is 0.294 e. The number of nitrogens with zero attached hydrogens (tertiary/aromatic N) is 5. The number of aromatic amines is 1. The van der Waals surface area contributed by atoms with Crippen molar-refractivity contribution in [1.82, 2.24) is 24.5 Å². The second kappa shape index (κ2) is 17.3. The number of allylic oxidation sites excluding steroid dienone is 1. The van der Waals surface area contributed by atoms with Crippen LogP contribution in [0.5, 0.6) is 11.5 Å². The van der Waals surface area contributed by atoms with Gasteiger partial charge >= 0.3 is 0 Å². The van der Waals surface area contributed by atoms with Gasteiger partial charge < -0.3 is 24.8 Å². The maximum Gasteiger partial charge on any atom is 0.294 e. The number of halogens is 1. The van der Waals surface area contributed by atoms with Gasteiger partial charge in [0.05, 0.1) is 21.6 Å². The number of carbonyl (C=O) groups is 1. The molecule has 1 aliphatic carbocycles. The minimum absolute atomic E-state index is 0.0305. The van der Waals surface area contributed by atoms with Crippen molar-refractivity contribution in [3.8, 4) is 11.5 Å². The number of nitro benzene ring substituents is 1. The van der Waals surface area contributed by atoms with Gasteiger partial charge in [-0.3, -0.25) is 19.8 Å². The third kappa shape index (κ3) is 9.68. The summed E-state index contributed by atoms with van der Waals surface area (Å²) in [6.45, 7) is 9.29. The van der Waals surface area contributed by atoms with Crippen LogP contribution in [0.4, 0.5) is 17.1 Å². The van der Waals surface area contributed by atoms with Gasteiger partial charge in [0.2, 0.25) is 0 Å². The Kier molecular flexibility index (Phi) is 12.1. The summed E-state index contributed by atoms with van der Waals surface area (Å²) in [4.78, 5) is 39.8. The van der Waals surface area contributed by atoms with Crippen molar-refractivity contribution < 1.29 is 22.9 Å². The number of pyridine rings is 1. The molecule has 8 rings (SSSR count). The molecular formula is C44H49ClN8O6S2. The van der Waals surface area contributed by atoms with Crippen molar-refractivity contribution >= 4 is 73.0 Å². The molecule has 17 heteroatoms. The summed E-state index contributed by atoms with van der Waals surface area (Å²) in [5.74, 6) is 0.120. The molecule has 3 aliphatic rings. The molecule has 0 radical (unpaired) electrons. The van der Waals surface area contributed by atoms with Gasteiger partial charge in [0.1, 0.15) is 22.8 Å². The molecule has 14 nitrogen and oxygen atoms in total. The summed E-state index contributed by atoms with van der Waals surface area (Å²) in [5.41, 5.74) is 5.66. The number of amides is 1. The number of piperazine rings is 1. The molecule has 3 aromatic carbocycles. The number of nitrogens with one attached hydrogen (secondary N) is 3. The van der Waals surface area contributed by atoms with Crippen molar-refractivity contribution in [3.05, 3.63) is 111 Å². The summed E-state index contributed by atoms with van der Waals surface area (Å²) in [6, 6.07) is 19.2. The predicted octanol–water partition coefficient (Wildman–Crippen LogP) is 8.27. The summed E-state index contributed by atoms with van der Waals surface area (Å²) < 4.78 is 36.2. The minimum Gasteiger partial charge on any atom is -0.455 e. The van der Waals surface area contributed by atoms with Crippen molar-refractivity contribution in [1.29, 1.82) is 0 Å². The van der Waals surface area contributed by atoms with Gasteiger partial charge in [-0.05, 0) is 92.4 Å². The second-order valence-electron chi connectivity index (χ2n) is 17.0. The van der Waals surface area contributed by atoms with E-state index < -0.39 is 25.7 Å². The Bertz CT molecular complexity index is 2620. The molecule has 0 bridgehead atoms. The van der Waals surface area contributed by atoms with Crippen LogP contribution < -0.4 is 19.7 Å². The van der Waals surface area contributed by atoms with E-state index in [9.17, 15) is 23.3 Å². The Balaban J connectivity index is 1.03. The zero-order chi connectivity index (χ0) is 43.1. The highest BCUT2D eigenvalue weighted by Crippen LogP contribution is 2.44. The van der Waals surface area contributed by atoms with Crippen LogP contribution >= 0.6 is 23.4 Å². The highest BCUT2D eigenvalue weighted by Gasteiger charge is 2.33. The zero-order valence-electron chi connectivity index (χ0n) is 34.5. The molecule has 320 valence electrons. The molecule has 0 unspecified atom stereocenters. The average molecular weight is 886 g/mol. The first-order valence-corrected chi connectivity index (χ1v) is 23.1. The lowest BCUT2D eigenvalue weighted by Crippen LogP contribution is -2.47. The Hall–Kier alpha value is -5.13. The fraction of sp³-hybridized carbons (Fsp3) is 0.364. The molecule has 2 aromatic heterocycles. The molecule has 1 atom stereocenters. The van der Waals surface area contributed by atoms with Crippen LogP contribution in [-0.4, -0.2) is 104 Å². The second-order valence-corrected chi connectivity index (χ2v) is 20.2. The molecule has 5 aromatic rings. The topological polar surface area (TPSA) is 166 Å². The molecule has 61 heavy (non-hydrogen) atoms. The largest absolute Gasteiger partial charge is 0.455 e. The van der Waals surface area contributed by atoms with Crippen LogP contribution in [0, 0.1) is 15.5 Å². The van der Waals surface area contributed by atoms with Crippen molar-refractivity contribution in [2.75, 3.05) is 69.3 Å². The number of thioether (sulfide) groups is 1. The van der Waals surface area contributed by atoms with Gasteiger partial charge in [-0.25, -0.2) is 18.1 Å². The highest BCUT2D eigenvalue weighted by molar-refractivity contribution is 7.99. The number of H-pyrrole nitrogens is 1. The third-order valence-corrected chi connectivity index (χ3v) is 14.3. The molecule has 3 N–H and O–H groups in total. The van der Waals surface area contributed by atoms with E-state index in [-0.39, 0.29) is 34.1 Å². The molecule has 2 aliphatic heterocycles.